The van der Waals surface area contributed by atoms with E-state index in [-0.39, 0.29) is 10.9 Å². The van der Waals surface area contributed by atoms with Crippen LogP contribution >= 0.6 is 11.6 Å². The second-order valence-electron chi connectivity index (χ2n) is 11.7. The van der Waals surface area contributed by atoms with Crippen molar-refractivity contribution in [1.29, 1.82) is 0 Å². The molecule has 236 valence electrons. The second kappa shape index (κ2) is 14.0. The van der Waals surface area contributed by atoms with Crippen molar-refractivity contribution in [1.82, 2.24) is 4.98 Å². The third kappa shape index (κ3) is 8.29. The number of carbonyl (C=O) groups is 1. The largest absolute Gasteiger partial charge is 0.455 e. The average molecular weight is 654 g/mol. The molecule has 1 atom stereocenters. The van der Waals surface area contributed by atoms with E-state index in [9.17, 15) is 13.2 Å². The number of carbonyl (C=O) groups excluding carboxylic acids is 1. The van der Waals surface area contributed by atoms with Crippen molar-refractivity contribution in [3.8, 4) is 0 Å². The molecule has 5 aromatic rings. The summed E-state index contributed by atoms with van der Waals surface area (Å²) in [5.41, 5.74) is 5.03. The smallest absolute Gasteiger partial charge is 0.303 e. The number of nitrogens with zero attached hydrogens (tertiary/aromatic N) is 1. The van der Waals surface area contributed by atoms with Gasteiger partial charge in [0.25, 0.3) is 10.1 Å². The molecule has 0 fully saturated rings. The lowest BCUT2D eigenvalue weighted by Crippen LogP contribution is -2.26. The highest BCUT2D eigenvalue weighted by molar-refractivity contribution is 7.86. The van der Waals surface area contributed by atoms with Crippen LogP contribution in [0, 0.1) is 6.92 Å². The number of esters is 1. The first-order valence-corrected chi connectivity index (χ1v) is 16.8. The Morgan fingerprint density at radius 1 is 0.913 bits per heavy atom. The Morgan fingerprint density at radius 3 is 2.41 bits per heavy atom. The van der Waals surface area contributed by atoms with Gasteiger partial charge in [0.2, 0.25) is 0 Å². The first kappa shape index (κ1) is 33.1. The monoisotopic (exact) mass is 653 g/mol. The van der Waals surface area contributed by atoms with Crippen LogP contribution in [0.1, 0.15) is 66.8 Å². The van der Waals surface area contributed by atoms with Crippen LogP contribution in [0.25, 0.3) is 23.1 Å². The Balaban J connectivity index is 1.45. The average Bonchev–Trinajstić information content (AvgIpc) is 3.01. The van der Waals surface area contributed by atoms with Crippen LogP contribution in [-0.4, -0.2) is 19.4 Å². The van der Waals surface area contributed by atoms with Crippen molar-refractivity contribution in [3.05, 3.63) is 142 Å². The summed E-state index contributed by atoms with van der Waals surface area (Å²) in [6, 6.07) is 31.5. The highest BCUT2D eigenvalue weighted by atomic mass is 35.5. The van der Waals surface area contributed by atoms with Crippen molar-refractivity contribution in [2.75, 3.05) is 0 Å². The van der Waals surface area contributed by atoms with Gasteiger partial charge in [0, 0.05) is 17.3 Å². The highest BCUT2D eigenvalue weighted by Crippen LogP contribution is 2.33. The molecular weight excluding hydrogens is 618 g/mol. The van der Waals surface area contributed by atoms with Gasteiger partial charge in [0.15, 0.2) is 0 Å². The van der Waals surface area contributed by atoms with E-state index in [0.717, 1.165) is 38.9 Å². The van der Waals surface area contributed by atoms with Crippen molar-refractivity contribution in [2.45, 2.75) is 57.1 Å². The summed E-state index contributed by atoms with van der Waals surface area (Å²) < 4.78 is 38.6. The SMILES string of the molecule is CC(=O)OC(C)(C)c1ccccc1CC[C@H](OS(=O)(=O)c1ccc(C)cc1)c1cccc(/C=C/c2ccc3ccc(Cl)cc3n2)c1. The predicted octanol–water partition coefficient (Wildman–Crippen LogP) is 9.24. The molecular formula is C38H36ClNO5S. The van der Waals surface area contributed by atoms with Gasteiger partial charge in [-0.15, -0.1) is 0 Å². The zero-order valence-corrected chi connectivity index (χ0v) is 27.8. The van der Waals surface area contributed by atoms with E-state index in [1.807, 2.05) is 112 Å². The number of benzene rings is 4. The van der Waals surface area contributed by atoms with E-state index in [0.29, 0.717) is 23.4 Å². The first-order chi connectivity index (χ1) is 21.9. The number of halogens is 1. The minimum absolute atomic E-state index is 0.0954. The van der Waals surface area contributed by atoms with Crippen LogP contribution in [0.5, 0.6) is 0 Å². The minimum atomic E-state index is -4.08. The third-order valence-corrected chi connectivity index (χ3v) is 9.27. The normalized spacial score (nSPS) is 12.8. The maximum atomic E-state index is 13.5. The lowest BCUT2D eigenvalue weighted by molar-refractivity contribution is -0.154. The van der Waals surface area contributed by atoms with Crippen LogP contribution in [-0.2, 0) is 35.9 Å². The van der Waals surface area contributed by atoms with Gasteiger partial charge in [-0.2, -0.15) is 8.42 Å². The second-order valence-corrected chi connectivity index (χ2v) is 13.7. The molecule has 0 aliphatic carbocycles. The summed E-state index contributed by atoms with van der Waals surface area (Å²) in [6.45, 7) is 6.98. The Bertz CT molecular complexity index is 2000. The van der Waals surface area contributed by atoms with E-state index in [1.165, 1.54) is 6.92 Å². The van der Waals surface area contributed by atoms with Gasteiger partial charge < -0.3 is 4.74 Å². The van der Waals surface area contributed by atoms with Gasteiger partial charge in [-0.3, -0.25) is 8.98 Å². The van der Waals surface area contributed by atoms with Crippen molar-refractivity contribution in [2.24, 2.45) is 0 Å². The number of aryl methyl sites for hydroxylation is 2. The Kier molecular flexibility index (Phi) is 10.1. The summed E-state index contributed by atoms with van der Waals surface area (Å²) in [5, 5.41) is 1.62. The number of rotatable bonds is 11. The topological polar surface area (TPSA) is 82.6 Å². The Morgan fingerprint density at radius 2 is 1.65 bits per heavy atom. The standard InChI is InChI=1S/C38H36ClNO5S/c1-26-12-21-34(22-13-26)46(42,43)45-37(23-17-29-9-5-6-11-35(29)38(3,4)44-27(2)41)31-10-7-8-28(24-31)14-19-33-20-16-30-15-18-32(39)25-36(30)40-33/h5-16,18-22,24-25,37H,17,23H2,1-4H3/b19-14+/t37-/m0/s1. The summed E-state index contributed by atoms with van der Waals surface area (Å²) >= 11 is 6.17. The molecule has 0 spiro atoms. The van der Waals surface area contributed by atoms with Crippen molar-refractivity contribution >= 4 is 50.7 Å². The highest BCUT2D eigenvalue weighted by Gasteiger charge is 2.28. The zero-order valence-electron chi connectivity index (χ0n) is 26.2. The van der Waals surface area contributed by atoms with Gasteiger partial charge in [-0.1, -0.05) is 90.0 Å². The van der Waals surface area contributed by atoms with E-state index >= 15 is 0 Å². The van der Waals surface area contributed by atoms with E-state index in [4.69, 9.17) is 25.5 Å². The molecule has 0 radical (unpaired) electrons. The Hall–Kier alpha value is -4.30. The molecule has 0 aliphatic heterocycles. The fourth-order valence-electron chi connectivity index (χ4n) is 5.45. The van der Waals surface area contributed by atoms with Crippen molar-refractivity contribution < 1.29 is 22.1 Å². The number of hydrogen-bond donors (Lipinski definition) is 0. The lowest BCUT2D eigenvalue weighted by atomic mass is 9.89. The fraction of sp³-hybridized carbons (Fsp3) is 0.211. The summed E-state index contributed by atoms with van der Waals surface area (Å²) in [4.78, 5) is 16.6. The first-order valence-electron chi connectivity index (χ1n) is 15.0. The third-order valence-electron chi connectivity index (χ3n) is 7.70. The maximum absolute atomic E-state index is 13.5. The van der Waals surface area contributed by atoms with E-state index in [2.05, 4.69) is 0 Å². The van der Waals surface area contributed by atoms with Gasteiger partial charge in [-0.25, -0.2) is 4.98 Å². The fourth-order valence-corrected chi connectivity index (χ4v) is 6.71. The van der Waals surface area contributed by atoms with Gasteiger partial charge in [0.1, 0.15) is 11.7 Å². The molecule has 4 aromatic carbocycles. The van der Waals surface area contributed by atoms with E-state index < -0.39 is 21.8 Å². The molecule has 5 rings (SSSR count). The zero-order chi connectivity index (χ0) is 32.9. The number of ether oxygens (including phenoxy) is 1. The summed E-state index contributed by atoms with van der Waals surface area (Å²) in [7, 11) is -4.08. The molecule has 0 unspecified atom stereocenters. The number of aromatic nitrogens is 1. The molecule has 1 aromatic heterocycles. The lowest BCUT2D eigenvalue weighted by Gasteiger charge is -2.28. The predicted molar refractivity (Wildman–Crippen MR) is 184 cm³/mol. The van der Waals surface area contributed by atoms with Crippen LogP contribution < -0.4 is 0 Å². The molecule has 0 saturated heterocycles. The van der Waals surface area contributed by atoms with Gasteiger partial charge >= 0.3 is 5.97 Å². The van der Waals surface area contributed by atoms with Crippen molar-refractivity contribution in [3.63, 3.8) is 0 Å². The van der Waals surface area contributed by atoms with Gasteiger partial charge in [0.05, 0.1) is 16.1 Å². The molecule has 6 nitrogen and oxygen atoms in total. The minimum Gasteiger partial charge on any atom is -0.455 e. The van der Waals surface area contributed by atoms with Gasteiger partial charge in [-0.05, 0) is 98.3 Å². The molecule has 1 heterocycles. The number of hydrogen-bond acceptors (Lipinski definition) is 6. The quantitative estimate of drug-likeness (QED) is 0.104. The molecule has 0 bridgehead atoms. The van der Waals surface area contributed by atoms with Crippen LogP contribution in [0.4, 0.5) is 0 Å². The summed E-state index contributed by atoms with van der Waals surface area (Å²) in [5.74, 6) is -0.377. The maximum Gasteiger partial charge on any atom is 0.303 e. The molecule has 0 N–H and O–H groups in total. The number of fused-ring (bicyclic) bond motifs is 1. The van der Waals surface area contributed by atoms with E-state index in [1.54, 1.807) is 24.3 Å². The molecule has 8 heteroatoms. The molecule has 0 amide bonds. The van der Waals surface area contributed by atoms with Crippen LogP contribution in [0.15, 0.2) is 108 Å². The molecule has 0 saturated carbocycles. The Labute approximate surface area is 275 Å². The number of pyridine rings is 1. The van der Waals surface area contributed by atoms with Crippen LogP contribution in [0.3, 0.4) is 0 Å². The summed E-state index contributed by atoms with van der Waals surface area (Å²) in [6.07, 6.45) is 3.90. The van der Waals surface area contributed by atoms with Crippen LogP contribution in [0.2, 0.25) is 5.02 Å². The molecule has 46 heavy (non-hydrogen) atoms. The molecule has 0 aliphatic rings.